The van der Waals surface area contributed by atoms with E-state index < -0.39 is 0 Å². The van der Waals surface area contributed by atoms with E-state index in [0.29, 0.717) is 13.1 Å². The van der Waals surface area contributed by atoms with E-state index in [2.05, 4.69) is 32.9 Å². The van der Waals surface area contributed by atoms with E-state index in [1.165, 1.54) is 11.1 Å². The third-order valence-electron chi connectivity index (χ3n) is 3.48. The summed E-state index contributed by atoms with van der Waals surface area (Å²) in [6, 6.07) is 6.70. The minimum Gasteiger partial charge on any atom is -0.357 e. The van der Waals surface area contributed by atoms with Crippen LogP contribution in [0.4, 0.5) is 4.39 Å². The van der Waals surface area contributed by atoms with Crippen molar-refractivity contribution in [3.63, 3.8) is 0 Å². The molecule has 0 spiro atoms. The Balaban J connectivity index is 0.00000312. The number of aryl methyl sites for hydroxylation is 1. The third kappa shape index (κ3) is 8.13. The second-order valence-corrected chi connectivity index (χ2v) is 6.35. The fourth-order valence-corrected chi connectivity index (χ4v) is 3.05. The van der Waals surface area contributed by atoms with Crippen LogP contribution in [0.15, 0.2) is 34.6 Å². The molecule has 2 rings (SSSR count). The van der Waals surface area contributed by atoms with Crippen LogP contribution in [0.5, 0.6) is 0 Å². The molecule has 2 N–H and O–H groups in total. The largest absolute Gasteiger partial charge is 0.357 e. The number of guanidine groups is 1. The molecule has 0 unspecified atom stereocenters. The number of rotatable bonds is 8. The van der Waals surface area contributed by atoms with Crippen molar-refractivity contribution >= 4 is 41.3 Å². The van der Waals surface area contributed by atoms with Crippen LogP contribution in [0, 0.1) is 5.82 Å². The summed E-state index contributed by atoms with van der Waals surface area (Å²) in [5, 5.41) is 9.80. The van der Waals surface area contributed by atoms with E-state index in [1.807, 2.05) is 13.0 Å². The highest BCUT2D eigenvalue weighted by molar-refractivity contribution is 14.0. The number of hydrogen-bond acceptors (Lipinski definition) is 3. The Morgan fingerprint density at radius 3 is 2.76 bits per heavy atom. The second kappa shape index (κ2) is 12.2. The van der Waals surface area contributed by atoms with Gasteiger partial charge in [0.1, 0.15) is 5.82 Å². The van der Waals surface area contributed by atoms with Crippen LogP contribution in [0.3, 0.4) is 0 Å². The van der Waals surface area contributed by atoms with Crippen LogP contribution in [0.1, 0.15) is 30.1 Å². The van der Waals surface area contributed by atoms with Crippen LogP contribution in [-0.4, -0.2) is 30.6 Å². The van der Waals surface area contributed by atoms with Gasteiger partial charge in [-0.3, -0.25) is 4.99 Å². The van der Waals surface area contributed by atoms with Crippen LogP contribution in [-0.2, 0) is 19.3 Å². The number of aromatic nitrogens is 1. The summed E-state index contributed by atoms with van der Waals surface area (Å²) in [5.41, 5.74) is 2.09. The number of thiazole rings is 1. The summed E-state index contributed by atoms with van der Waals surface area (Å²) in [6.45, 7) is 6.38. The minimum absolute atomic E-state index is 0. The SMILES string of the molecule is CCNC(=NCCc1csc(CC)n1)NCCc1cccc(F)c1.I. The summed E-state index contributed by atoms with van der Waals surface area (Å²) in [6.07, 6.45) is 2.59. The molecule has 0 atom stereocenters. The summed E-state index contributed by atoms with van der Waals surface area (Å²) in [4.78, 5) is 9.13. The molecule has 0 bridgehead atoms. The molecule has 138 valence electrons. The fraction of sp³-hybridized carbons (Fsp3) is 0.444. The lowest BCUT2D eigenvalue weighted by molar-refractivity contribution is 0.625. The topological polar surface area (TPSA) is 49.3 Å². The zero-order chi connectivity index (χ0) is 17.2. The molecule has 0 aliphatic rings. The Bertz CT molecular complexity index is 660. The molecule has 2 aromatic rings. The molecule has 0 fully saturated rings. The van der Waals surface area contributed by atoms with E-state index in [9.17, 15) is 4.39 Å². The zero-order valence-electron chi connectivity index (χ0n) is 14.7. The Labute approximate surface area is 170 Å². The van der Waals surface area contributed by atoms with Gasteiger partial charge in [-0.05, 0) is 37.5 Å². The quantitative estimate of drug-likeness (QED) is 0.346. The van der Waals surface area contributed by atoms with Crippen molar-refractivity contribution in [2.75, 3.05) is 19.6 Å². The molecule has 1 heterocycles. The number of nitrogens with zero attached hydrogens (tertiary/aromatic N) is 2. The van der Waals surface area contributed by atoms with Crippen LogP contribution in [0.2, 0.25) is 0 Å². The van der Waals surface area contributed by atoms with Crippen LogP contribution < -0.4 is 10.6 Å². The second-order valence-electron chi connectivity index (χ2n) is 5.40. The Kier molecular flexibility index (Phi) is 10.6. The Morgan fingerprint density at radius 1 is 1.24 bits per heavy atom. The first-order valence-electron chi connectivity index (χ1n) is 8.41. The van der Waals surface area contributed by atoms with Crippen molar-refractivity contribution in [1.29, 1.82) is 0 Å². The van der Waals surface area contributed by atoms with Gasteiger partial charge in [0.15, 0.2) is 5.96 Å². The van der Waals surface area contributed by atoms with E-state index in [1.54, 1.807) is 23.5 Å². The average molecular weight is 476 g/mol. The summed E-state index contributed by atoms with van der Waals surface area (Å²) < 4.78 is 13.2. The van der Waals surface area contributed by atoms with Gasteiger partial charge in [0.25, 0.3) is 0 Å². The number of nitrogens with one attached hydrogen (secondary N) is 2. The Hall–Kier alpha value is -1.22. The molecule has 0 radical (unpaired) electrons. The zero-order valence-corrected chi connectivity index (χ0v) is 17.9. The third-order valence-corrected chi connectivity index (χ3v) is 4.52. The maximum Gasteiger partial charge on any atom is 0.191 e. The number of hydrogen-bond donors (Lipinski definition) is 2. The van der Waals surface area contributed by atoms with Crippen molar-refractivity contribution < 1.29 is 4.39 Å². The van der Waals surface area contributed by atoms with Gasteiger partial charge in [-0.2, -0.15) is 0 Å². The monoisotopic (exact) mass is 476 g/mol. The van der Waals surface area contributed by atoms with Crippen LogP contribution in [0.25, 0.3) is 0 Å². The summed E-state index contributed by atoms with van der Waals surface area (Å²) in [7, 11) is 0. The maximum atomic E-state index is 13.2. The fourth-order valence-electron chi connectivity index (χ4n) is 2.27. The van der Waals surface area contributed by atoms with E-state index in [0.717, 1.165) is 43.0 Å². The molecule has 25 heavy (non-hydrogen) atoms. The van der Waals surface area contributed by atoms with Crippen molar-refractivity contribution in [2.45, 2.75) is 33.1 Å². The predicted molar refractivity (Wildman–Crippen MR) is 115 cm³/mol. The average Bonchev–Trinajstić information content (AvgIpc) is 3.03. The van der Waals surface area contributed by atoms with Gasteiger partial charge < -0.3 is 10.6 Å². The number of aliphatic imine (C=N–C) groups is 1. The van der Waals surface area contributed by atoms with Crippen molar-refractivity contribution in [2.24, 2.45) is 4.99 Å². The first-order chi connectivity index (χ1) is 11.7. The lowest BCUT2D eigenvalue weighted by Gasteiger charge is -2.11. The summed E-state index contributed by atoms with van der Waals surface area (Å²) in [5.74, 6) is 0.600. The van der Waals surface area contributed by atoms with Gasteiger partial charge in [0.05, 0.1) is 10.7 Å². The maximum absolute atomic E-state index is 13.2. The van der Waals surface area contributed by atoms with E-state index >= 15 is 0 Å². The van der Waals surface area contributed by atoms with Gasteiger partial charge in [-0.25, -0.2) is 9.37 Å². The standard InChI is InChI=1S/C18H25FN4S.HI/c1-3-17-23-16(13-24-17)9-11-22-18(20-4-2)21-10-8-14-6-5-7-15(19)12-14;/h5-7,12-13H,3-4,8-11H2,1-2H3,(H2,20,21,22);1H. The molecule has 0 aliphatic heterocycles. The van der Waals surface area contributed by atoms with Gasteiger partial charge >= 0.3 is 0 Å². The molecule has 4 nitrogen and oxygen atoms in total. The first kappa shape index (κ1) is 21.8. The van der Waals surface area contributed by atoms with E-state index in [-0.39, 0.29) is 29.8 Å². The highest BCUT2D eigenvalue weighted by Gasteiger charge is 2.01. The van der Waals surface area contributed by atoms with Gasteiger partial charge in [-0.1, -0.05) is 19.1 Å². The summed E-state index contributed by atoms with van der Waals surface area (Å²) >= 11 is 1.71. The molecule has 1 aromatic heterocycles. The lowest BCUT2D eigenvalue weighted by atomic mass is 10.1. The molecular weight excluding hydrogens is 450 g/mol. The molecule has 7 heteroatoms. The molecular formula is C18H26FIN4S. The smallest absolute Gasteiger partial charge is 0.191 e. The highest BCUT2D eigenvalue weighted by Crippen LogP contribution is 2.10. The van der Waals surface area contributed by atoms with Crippen LogP contribution >= 0.6 is 35.3 Å². The molecule has 0 saturated heterocycles. The van der Waals surface area contributed by atoms with Gasteiger partial charge in [-0.15, -0.1) is 35.3 Å². The van der Waals surface area contributed by atoms with Gasteiger partial charge in [0.2, 0.25) is 0 Å². The predicted octanol–water partition coefficient (Wildman–Crippen LogP) is 3.80. The van der Waals surface area contributed by atoms with Crippen molar-refractivity contribution in [3.8, 4) is 0 Å². The Morgan fingerprint density at radius 2 is 2.08 bits per heavy atom. The molecule has 0 saturated carbocycles. The molecule has 1 aromatic carbocycles. The minimum atomic E-state index is -0.192. The van der Waals surface area contributed by atoms with Crippen molar-refractivity contribution in [1.82, 2.24) is 15.6 Å². The van der Waals surface area contributed by atoms with Gasteiger partial charge in [0, 0.05) is 31.4 Å². The highest BCUT2D eigenvalue weighted by atomic mass is 127. The molecule has 0 amide bonds. The lowest BCUT2D eigenvalue weighted by Crippen LogP contribution is -2.38. The number of benzene rings is 1. The molecule has 0 aliphatic carbocycles. The van der Waals surface area contributed by atoms with Crippen molar-refractivity contribution in [3.05, 3.63) is 51.7 Å². The normalized spacial score (nSPS) is 11.1. The van der Waals surface area contributed by atoms with E-state index in [4.69, 9.17) is 0 Å². The number of halogens is 2. The first-order valence-corrected chi connectivity index (χ1v) is 9.29.